The van der Waals surface area contributed by atoms with Gasteiger partial charge in [-0.05, 0) is 18.9 Å². The lowest BCUT2D eigenvalue weighted by Gasteiger charge is -2.41. The number of carboxylic acids is 1. The van der Waals surface area contributed by atoms with Gasteiger partial charge >= 0.3 is 5.97 Å². The van der Waals surface area contributed by atoms with Crippen molar-refractivity contribution in [2.24, 2.45) is 5.41 Å². The van der Waals surface area contributed by atoms with Crippen molar-refractivity contribution in [1.82, 2.24) is 15.4 Å². The minimum atomic E-state index is -1.34. The van der Waals surface area contributed by atoms with Gasteiger partial charge in [-0.2, -0.15) is 0 Å². The summed E-state index contributed by atoms with van der Waals surface area (Å²) in [5.41, 5.74) is 2.88. The molecule has 2 aromatic rings. The summed E-state index contributed by atoms with van der Waals surface area (Å²) >= 11 is 6.70. The zero-order valence-electron chi connectivity index (χ0n) is 16.2. The van der Waals surface area contributed by atoms with E-state index in [1.807, 2.05) is 0 Å². The number of halogens is 2. The number of fused-ring (bicyclic) bond motifs is 1. The Morgan fingerprint density at radius 1 is 1.43 bits per heavy atom. The van der Waals surface area contributed by atoms with Gasteiger partial charge in [-0.3, -0.25) is 15.1 Å². The molecule has 3 heterocycles. The van der Waals surface area contributed by atoms with Crippen LogP contribution in [0.15, 0.2) is 29.0 Å². The number of hydrogen-bond acceptors (Lipinski definition) is 6. The molecule has 0 atom stereocenters. The number of nitrogens with zero attached hydrogens (tertiary/aromatic N) is 2. The van der Waals surface area contributed by atoms with Crippen molar-refractivity contribution < 1.29 is 19.1 Å². The van der Waals surface area contributed by atoms with Crippen molar-refractivity contribution in [2.75, 3.05) is 31.6 Å². The minimum absolute atomic E-state index is 0.0218. The predicted octanol–water partition coefficient (Wildman–Crippen LogP) is 2.23. The Hall–Kier alpha value is -2.62. The second-order valence-electron chi connectivity index (χ2n) is 8.09. The summed E-state index contributed by atoms with van der Waals surface area (Å²) in [6, 6.07) is 1.15. The van der Waals surface area contributed by atoms with Crippen LogP contribution in [0.5, 0.6) is 0 Å². The Kier molecular flexibility index (Phi) is 4.32. The normalized spacial score (nSPS) is 19.8. The fraction of sp³-hybridized carbons (Fsp3) is 0.400. The first-order valence-corrected chi connectivity index (χ1v) is 10.0. The Balaban J connectivity index is 1.71. The summed E-state index contributed by atoms with van der Waals surface area (Å²) in [6.45, 7) is 1.93. The number of carbonyl (C=O) groups is 1. The van der Waals surface area contributed by atoms with E-state index >= 15 is 4.39 Å². The number of aromatic nitrogens is 1. The average Bonchev–Trinajstić information content (AvgIpc) is 3.43. The highest BCUT2D eigenvalue weighted by Gasteiger charge is 2.47. The third-order valence-corrected chi connectivity index (χ3v) is 6.47. The first-order valence-electron chi connectivity index (χ1n) is 9.65. The molecule has 2 aliphatic heterocycles. The van der Waals surface area contributed by atoms with Gasteiger partial charge in [0, 0.05) is 38.1 Å². The summed E-state index contributed by atoms with van der Waals surface area (Å²) in [6.07, 6.45) is 4.79. The lowest BCUT2D eigenvalue weighted by atomic mass is 9.80. The smallest absolute Gasteiger partial charge is 0.341 e. The highest BCUT2D eigenvalue weighted by molar-refractivity contribution is 6.38. The van der Waals surface area contributed by atoms with Crippen molar-refractivity contribution in [2.45, 2.75) is 18.9 Å². The summed E-state index contributed by atoms with van der Waals surface area (Å²) in [5, 5.41) is 12.7. The van der Waals surface area contributed by atoms with Gasteiger partial charge in [0.25, 0.3) is 0 Å². The standard InChI is InChI=1S/C20H20ClFN4O4/c1-30-24-14-6-25(9-20(14)7-23-8-20)17-13(22)4-11-16(15(17)21)26(10-2-3-10)5-12(18(11)27)19(28)29/h4-6,10,23-24H,2-3,7-9H2,1H3,(H,28,29). The molecule has 3 N–H and O–H groups in total. The predicted molar refractivity (Wildman–Crippen MR) is 109 cm³/mol. The molecule has 3 aliphatic rings. The SMILES string of the molecule is CONC1=CN(c2c(F)cc3c(=O)c(C(=O)O)cn(C4CC4)c3c2Cl)CC12CNC2. The number of carboxylic acid groups (broad SMARTS) is 1. The van der Waals surface area contributed by atoms with Crippen LogP contribution >= 0.6 is 11.6 Å². The second kappa shape index (κ2) is 6.69. The number of hydrogen-bond donors (Lipinski definition) is 3. The molecule has 0 unspecified atom stereocenters. The molecule has 2 fully saturated rings. The molecule has 10 heteroatoms. The Morgan fingerprint density at radius 3 is 2.73 bits per heavy atom. The molecule has 5 rings (SSSR count). The highest BCUT2D eigenvalue weighted by atomic mass is 35.5. The van der Waals surface area contributed by atoms with Crippen LogP contribution in [0.2, 0.25) is 5.02 Å². The van der Waals surface area contributed by atoms with Gasteiger partial charge in [0.1, 0.15) is 11.4 Å². The lowest BCUT2D eigenvalue weighted by molar-refractivity contribution is 0.0695. The summed E-state index contributed by atoms with van der Waals surface area (Å²) < 4.78 is 17.0. The van der Waals surface area contributed by atoms with E-state index in [9.17, 15) is 14.7 Å². The number of hydroxylamine groups is 1. The molecule has 30 heavy (non-hydrogen) atoms. The molecule has 8 nitrogen and oxygen atoms in total. The van der Waals surface area contributed by atoms with Gasteiger partial charge in [0.15, 0.2) is 0 Å². The van der Waals surface area contributed by atoms with E-state index in [1.165, 1.54) is 13.3 Å². The number of aromatic carboxylic acids is 1. The van der Waals surface area contributed by atoms with Crippen molar-refractivity contribution in [3.8, 4) is 0 Å². The molecule has 158 valence electrons. The van der Waals surface area contributed by atoms with Crippen LogP contribution in [0.3, 0.4) is 0 Å². The monoisotopic (exact) mass is 434 g/mol. The second-order valence-corrected chi connectivity index (χ2v) is 8.47. The molecule has 1 spiro atoms. The molecular weight excluding hydrogens is 415 g/mol. The number of anilines is 1. The molecule has 0 amide bonds. The van der Waals surface area contributed by atoms with Crippen molar-refractivity contribution in [1.29, 1.82) is 0 Å². The van der Waals surface area contributed by atoms with Crippen LogP contribution < -0.4 is 21.1 Å². The van der Waals surface area contributed by atoms with E-state index in [4.69, 9.17) is 16.4 Å². The lowest BCUT2D eigenvalue weighted by Crippen LogP contribution is -2.58. The maximum atomic E-state index is 15.3. The number of rotatable bonds is 5. The fourth-order valence-corrected chi connectivity index (χ4v) is 4.75. The maximum absolute atomic E-state index is 15.3. The molecule has 1 saturated carbocycles. The minimum Gasteiger partial charge on any atom is -0.477 e. The van der Waals surface area contributed by atoms with Crippen LogP contribution in [0.25, 0.3) is 10.9 Å². The molecule has 1 aromatic carbocycles. The first kappa shape index (κ1) is 19.3. The van der Waals surface area contributed by atoms with Crippen LogP contribution in [-0.2, 0) is 4.84 Å². The van der Waals surface area contributed by atoms with Crippen LogP contribution in [0.1, 0.15) is 29.2 Å². The molecule has 0 radical (unpaired) electrons. The summed E-state index contributed by atoms with van der Waals surface area (Å²) in [7, 11) is 1.52. The average molecular weight is 435 g/mol. The van der Waals surface area contributed by atoms with Crippen molar-refractivity contribution in [3.63, 3.8) is 0 Å². The third-order valence-electron chi connectivity index (χ3n) is 6.11. The van der Waals surface area contributed by atoms with Crippen molar-refractivity contribution in [3.05, 3.63) is 50.8 Å². The van der Waals surface area contributed by atoms with Gasteiger partial charge in [-0.15, -0.1) is 0 Å². The molecular formula is C20H20ClFN4O4. The topological polar surface area (TPSA) is 95.8 Å². The van der Waals surface area contributed by atoms with Gasteiger partial charge in [0.2, 0.25) is 5.43 Å². The van der Waals surface area contributed by atoms with Crippen LogP contribution in [0.4, 0.5) is 10.1 Å². The van der Waals surface area contributed by atoms with Gasteiger partial charge in [0.05, 0.1) is 39.8 Å². The number of pyridine rings is 1. The molecule has 1 aromatic heterocycles. The fourth-order valence-electron chi connectivity index (χ4n) is 4.35. The maximum Gasteiger partial charge on any atom is 0.341 e. The molecule has 1 saturated heterocycles. The summed E-state index contributed by atoms with van der Waals surface area (Å²) in [4.78, 5) is 31.1. The zero-order valence-corrected chi connectivity index (χ0v) is 16.9. The quantitative estimate of drug-likeness (QED) is 0.621. The zero-order chi connectivity index (χ0) is 21.2. The van der Waals surface area contributed by atoms with Gasteiger partial charge < -0.3 is 19.9 Å². The largest absolute Gasteiger partial charge is 0.477 e. The van der Waals surface area contributed by atoms with Gasteiger partial charge in [-0.1, -0.05) is 11.6 Å². The van der Waals surface area contributed by atoms with Crippen LogP contribution in [0, 0.1) is 11.2 Å². The number of benzene rings is 1. The van der Waals surface area contributed by atoms with E-state index in [0.717, 1.165) is 24.6 Å². The van der Waals surface area contributed by atoms with Gasteiger partial charge in [-0.25, -0.2) is 9.18 Å². The Labute approximate surface area is 175 Å². The Morgan fingerprint density at radius 2 is 2.17 bits per heavy atom. The summed E-state index contributed by atoms with van der Waals surface area (Å²) in [5.74, 6) is -2.01. The van der Waals surface area contributed by atoms with E-state index in [1.54, 1.807) is 15.7 Å². The first-order chi connectivity index (χ1) is 14.4. The molecule has 0 bridgehead atoms. The molecule has 1 aliphatic carbocycles. The highest BCUT2D eigenvalue weighted by Crippen LogP contribution is 2.45. The van der Waals surface area contributed by atoms with E-state index < -0.39 is 17.2 Å². The van der Waals surface area contributed by atoms with E-state index in [2.05, 4.69) is 10.8 Å². The van der Waals surface area contributed by atoms with Crippen molar-refractivity contribution >= 4 is 34.2 Å². The third kappa shape index (κ3) is 2.73. The van der Waals surface area contributed by atoms with E-state index in [-0.39, 0.29) is 33.1 Å². The van der Waals surface area contributed by atoms with E-state index in [0.29, 0.717) is 25.2 Å². The Bertz CT molecular complexity index is 1170. The number of nitrogens with one attached hydrogen (secondary N) is 2. The van der Waals surface area contributed by atoms with Crippen LogP contribution in [-0.4, -0.2) is 42.4 Å².